The first kappa shape index (κ1) is 22.1. The summed E-state index contributed by atoms with van der Waals surface area (Å²) in [7, 11) is 2.48. The topological polar surface area (TPSA) is 128 Å². The number of nitrogens with zero attached hydrogens (tertiary/aromatic N) is 2. The first-order chi connectivity index (χ1) is 14.8. The number of benzene rings is 2. The van der Waals surface area contributed by atoms with E-state index in [1.54, 1.807) is 18.2 Å². The standard InChI is InChI=1S/C20H17Cl2N5O4/c1-30-19(28)10-5-11(20(29)31-2)7-13(6-10)26-17-16(23)18(25-9-24-17)27-15-8-12(21)3-4-14(15)22/h3-9H,23H2,1-2H3,(H2,24,25,26,27). The lowest BCUT2D eigenvalue weighted by Gasteiger charge is -2.14. The smallest absolute Gasteiger partial charge is 0.337 e. The van der Waals surface area contributed by atoms with Crippen molar-refractivity contribution >= 4 is 63.8 Å². The molecule has 1 heterocycles. The number of ether oxygens (including phenoxy) is 2. The Labute approximate surface area is 187 Å². The summed E-state index contributed by atoms with van der Waals surface area (Å²) in [6, 6.07) is 9.25. The highest BCUT2D eigenvalue weighted by molar-refractivity contribution is 6.35. The lowest BCUT2D eigenvalue weighted by molar-refractivity contribution is 0.0599. The molecule has 0 amide bonds. The number of methoxy groups -OCH3 is 2. The Kier molecular flexibility index (Phi) is 6.78. The first-order valence-corrected chi connectivity index (χ1v) is 9.49. The molecule has 0 aliphatic rings. The summed E-state index contributed by atoms with van der Waals surface area (Å²) in [5.41, 5.74) is 7.53. The van der Waals surface area contributed by atoms with Crippen LogP contribution in [0.3, 0.4) is 0 Å². The fourth-order valence-electron chi connectivity index (χ4n) is 2.62. The number of hydrogen-bond acceptors (Lipinski definition) is 9. The molecule has 0 saturated carbocycles. The van der Waals surface area contributed by atoms with Crippen LogP contribution in [0.4, 0.5) is 28.7 Å². The van der Waals surface area contributed by atoms with Gasteiger partial charge >= 0.3 is 11.9 Å². The molecular weight excluding hydrogens is 445 g/mol. The van der Waals surface area contributed by atoms with Crippen LogP contribution >= 0.6 is 23.2 Å². The number of carbonyl (C=O) groups excluding carboxylic acids is 2. The number of halogens is 2. The number of rotatable bonds is 6. The first-order valence-electron chi connectivity index (χ1n) is 8.73. The quantitative estimate of drug-likeness (QED) is 0.456. The Balaban J connectivity index is 1.96. The SMILES string of the molecule is COC(=O)c1cc(Nc2ncnc(Nc3cc(Cl)ccc3Cl)c2N)cc(C(=O)OC)c1. The van der Waals surface area contributed by atoms with Crippen LogP contribution in [-0.4, -0.2) is 36.1 Å². The van der Waals surface area contributed by atoms with E-state index in [4.69, 9.17) is 38.4 Å². The van der Waals surface area contributed by atoms with Crippen molar-refractivity contribution in [1.82, 2.24) is 9.97 Å². The Morgan fingerprint density at radius 3 is 2.06 bits per heavy atom. The van der Waals surface area contributed by atoms with Gasteiger partial charge in [0.05, 0.1) is 36.1 Å². The van der Waals surface area contributed by atoms with Gasteiger partial charge in [-0.15, -0.1) is 0 Å². The van der Waals surface area contributed by atoms with E-state index < -0.39 is 11.9 Å². The van der Waals surface area contributed by atoms with E-state index in [2.05, 4.69) is 20.6 Å². The van der Waals surface area contributed by atoms with Crippen molar-refractivity contribution in [3.8, 4) is 0 Å². The Morgan fingerprint density at radius 1 is 0.903 bits per heavy atom. The zero-order valence-corrected chi connectivity index (χ0v) is 17.9. The lowest BCUT2D eigenvalue weighted by atomic mass is 10.1. The fourth-order valence-corrected chi connectivity index (χ4v) is 2.96. The molecule has 3 aromatic rings. The fraction of sp³-hybridized carbons (Fsp3) is 0.100. The minimum Gasteiger partial charge on any atom is -0.465 e. The van der Waals surface area contributed by atoms with Gasteiger partial charge in [0, 0.05) is 10.7 Å². The van der Waals surface area contributed by atoms with Crippen LogP contribution in [0, 0.1) is 0 Å². The minimum atomic E-state index is -0.623. The van der Waals surface area contributed by atoms with Crippen LogP contribution in [-0.2, 0) is 9.47 Å². The van der Waals surface area contributed by atoms with Gasteiger partial charge in [-0.3, -0.25) is 0 Å². The van der Waals surface area contributed by atoms with Gasteiger partial charge in [-0.2, -0.15) is 0 Å². The van der Waals surface area contributed by atoms with Crippen LogP contribution in [0.1, 0.15) is 20.7 Å². The summed E-state index contributed by atoms with van der Waals surface area (Å²) >= 11 is 12.2. The predicted molar refractivity (Wildman–Crippen MR) is 119 cm³/mol. The normalized spacial score (nSPS) is 10.3. The molecule has 0 bridgehead atoms. The van der Waals surface area contributed by atoms with Crippen molar-refractivity contribution in [3.05, 3.63) is 63.9 Å². The largest absolute Gasteiger partial charge is 0.465 e. The second kappa shape index (κ2) is 9.50. The molecule has 9 nitrogen and oxygen atoms in total. The van der Waals surface area contributed by atoms with E-state index in [1.165, 1.54) is 38.7 Å². The highest BCUT2D eigenvalue weighted by Crippen LogP contribution is 2.32. The molecule has 0 aliphatic heterocycles. The molecule has 0 aliphatic carbocycles. The highest BCUT2D eigenvalue weighted by Gasteiger charge is 2.16. The van der Waals surface area contributed by atoms with E-state index >= 15 is 0 Å². The van der Waals surface area contributed by atoms with Gasteiger partial charge in [0.2, 0.25) is 0 Å². The number of nitrogen functional groups attached to an aromatic ring is 1. The number of carbonyl (C=O) groups is 2. The van der Waals surface area contributed by atoms with Crippen LogP contribution < -0.4 is 16.4 Å². The monoisotopic (exact) mass is 461 g/mol. The number of nitrogens with one attached hydrogen (secondary N) is 2. The number of anilines is 5. The zero-order valence-electron chi connectivity index (χ0n) is 16.4. The van der Waals surface area contributed by atoms with Crippen molar-refractivity contribution in [1.29, 1.82) is 0 Å². The second-order valence-electron chi connectivity index (χ2n) is 6.14. The molecule has 0 saturated heterocycles. The van der Waals surface area contributed by atoms with Crippen LogP contribution in [0.5, 0.6) is 0 Å². The number of nitrogens with two attached hydrogens (primary N) is 1. The Bertz CT molecular complexity index is 1120. The molecule has 31 heavy (non-hydrogen) atoms. The molecule has 4 N–H and O–H groups in total. The van der Waals surface area contributed by atoms with E-state index in [1.807, 2.05) is 0 Å². The zero-order chi connectivity index (χ0) is 22.5. The molecule has 0 fully saturated rings. The van der Waals surface area contributed by atoms with Gasteiger partial charge in [0.1, 0.15) is 12.0 Å². The molecule has 0 spiro atoms. The van der Waals surface area contributed by atoms with E-state index in [-0.39, 0.29) is 28.5 Å². The maximum absolute atomic E-state index is 12.0. The van der Waals surface area contributed by atoms with Gasteiger partial charge in [-0.1, -0.05) is 23.2 Å². The lowest BCUT2D eigenvalue weighted by Crippen LogP contribution is -2.09. The molecule has 3 rings (SSSR count). The van der Waals surface area contributed by atoms with Gasteiger partial charge in [0.15, 0.2) is 11.6 Å². The number of esters is 2. The van der Waals surface area contributed by atoms with Crippen LogP contribution in [0.15, 0.2) is 42.7 Å². The average Bonchev–Trinajstić information content (AvgIpc) is 2.77. The summed E-state index contributed by atoms with van der Waals surface area (Å²) in [6.45, 7) is 0. The summed E-state index contributed by atoms with van der Waals surface area (Å²) < 4.78 is 9.47. The van der Waals surface area contributed by atoms with Crippen molar-refractivity contribution in [2.45, 2.75) is 0 Å². The third-order valence-corrected chi connectivity index (χ3v) is 4.67. The molecule has 0 radical (unpaired) electrons. The number of hydrogen-bond donors (Lipinski definition) is 3. The maximum atomic E-state index is 12.0. The Hall–Kier alpha value is -3.56. The maximum Gasteiger partial charge on any atom is 0.337 e. The third kappa shape index (κ3) is 5.14. The van der Waals surface area contributed by atoms with Gasteiger partial charge < -0.3 is 25.8 Å². The van der Waals surface area contributed by atoms with Crippen LogP contribution in [0.25, 0.3) is 0 Å². The number of aromatic nitrogens is 2. The molecule has 11 heteroatoms. The van der Waals surface area contributed by atoms with Crippen molar-refractivity contribution in [3.63, 3.8) is 0 Å². The van der Waals surface area contributed by atoms with Crippen molar-refractivity contribution in [2.75, 3.05) is 30.6 Å². The molecule has 0 atom stereocenters. The van der Waals surface area contributed by atoms with Crippen molar-refractivity contribution in [2.24, 2.45) is 0 Å². The van der Waals surface area contributed by atoms with E-state index in [0.717, 1.165) is 0 Å². The average molecular weight is 462 g/mol. The summed E-state index contributed by atoms with van der Waals surface area (Å²) in [4.78, 5) is 32.2. The predicted octanol–water partition coefficient (Wildman–Crippen LogP) is 4.43. The summed E-state index contributed by atoms with van der Waals surface area (Å²) in [5.74, 6) is -0.739. The third-order valence-electron chi connectivity index (χ3n) is 4.10. The molecular formula is C20H17Cl2N5O4. The molecule has 2 aromatic carbocycles. The van der Waals surface area contributed by atoms with E-state index in [0.29, 0.717) is 21.4 Å². The minimum absolute atomic E-state index is 0.143. The van der Waals surface area contributed by atoms with Gasteiger partial charge in [-0.25, -0.2) is 19.6 Å². The summed E-state index contributed by atoms with van der Waals surface area (Å²) in [5, 5.41) is 6.88. The highest BCUT2D eigenvalue weighted by atomic mass is 35.5. The van der Waals surface area contributed by atoms with Crippen LogP contribution in [0.2, 0.25) is 10.0 Å². The van der Waals surface area contributed by atoms with Gasteiger partial charge in [0.25, 0.3) is 0 Å². The van der Waals surface area contributed by atoms with Crippen molar-refractivity contribution < 1.29 is 19.1 Å². The summed E-state index contributed by atoms with van der Waals surface area (Å²) in [6.07, 6.45) is 1.28. The molecule has 1 aromatic heterocycles. The van der Waals surface area contributed by atoms with E-state index in [9.17, 15) is 9.59 Å². The molecule has 160 valence electrons. The van der Waals surface area contributed by atoms with Gasteiger partial charge in [-0.05, 0) is 36.4 Å². The second-order valence-corrected chi connectivity index (χ2v) is 6.98. The molecule has 0 unspecified atom stereocenters. The Morgan fingerprint density at radius 2 is 1.48 bits per heavy atom.